The van der Waals surface area contributed by atoms with Crippen LogP contribution in [0.2, 0.25) is 0 Å². The van der Waals surface area contributed by atoms with Gasteiger partial charge in [0.1, 0.15) is 0 Å². The van der Waals surface area contributed by atoms with Gasteiger partial charge in [-0.05, 0) is 98.7 Å². The van der Waals surface area contributed by atoms with Crippen molar-refractivity contribution in [2.45, 2.75) is 65.2 Å². The van der Waals surface area contributed by atoms with Gasteiger partial charge in [-0.25, -0.2) is 0 Å². The summed E-state index contributed by atoms with van der Waals surface area (Å²) < 4.78 is 0. The Bertz CT molecular complexity index is 635. The van der Waals surface area contributed by atoms with Crippen LogP contribution in [0, 0.1) is 47.3 Å². The van der Waals surface area contributed by atoms with Gasteiger partial charge >= 0.3 is 0 Å². The fourth-order valence-electron chi connectivity index (χ4n) is 8.15. The predicted molar refractivity (Wildman–Crippen MR) is 111 cm³/mol. The summed E-state index contributed by atoms with van der Waals surface area (Å²) in [6.07, 6.45) is 15.8. The third kappa shape index (κ3) is 2.20. The molecule has 5 aliphatic rings. The van der Waals surface area contributed by atoms with Crippen molar-refractivity contribution in [2.75, 3.05) is 0 Å². The molecule has 0 aliphatic heterocycles. The van der Waals surface area contributed by atoms with Crippen LogP contribution in [0.4, 0.5) is 0 Å². The van der Waals surface area contributed by atoms with Crippen LogP contribution in [0.15, 0.2) is 47.6 Å². The lowest BCUT2D eigenvalue weighted by Gasteiger charge is -2.57. The van der Waals surface area contributed by atoms with Crippen LogP contribution in [0.1, 0.15) is 65.2 Å². The average Bonchev–Trinajstić information content (AvgIpc) is 2.67. The summed E-state index contributed by atoms with van der Waals surface area (Å²) in [4.78, 5) is 0. The molecule has 8 atom stereocenters. The molecule has 0 aromatic heterocycles. The quantitative estimate of drug-likeness (QED) is 0.466. The van der Waals surface area contributed by atoms with Crippen LogP contribution in [-0.2, 0) is 0 Å². The summed E-state index contributed by atoms with van der Waals surface area (Å²) in [5.41, 5.74) is 7.64. The molecule has 0 amide bonds. The van der Waals surface area contributed by atoms with Crippen molar-refractivity contribution in [2.24, 2.45) is 47.3 Å². The van der Waals surface area contributed by atoms with E-state index in [0.717, 1.165) is 35.5 Å². The standard InChI is InChI=1S/C26H36/c1-5-17-9-13-21-19-11-7-15(3)23-16(4)8-12-20(25(19)23)22-14-10-18(6-2)24(17)26(21)22/h5-6,15-22H,1-2,7-14H2,3-4H3. The van der Waals surface area contributed by atoms with Crippen molar-refractivity contribution in [3.05, 3.63) is 47.6 Å². The Morgan fingerprint density at radius 3 is 1.35 bits per heavy atom. The maximum atomic E-state index is 4.22. The van der Waals surface area contributed by atoms with E-state index in [-0.39, 0.29) is 0 Å². The number of hydrogen-bond donors (Lipinski definition) is 0. The van der Waals surface area contributed by atoms with Crippen molar-refractivity contribution in [3.8, 4) is 0 Å². The van der Waals surface area contributed by atoms with Crippen molar-refractivity contribution < 1.29 is 0 Å². The Morgan fingerprint density at radius 2 is 0.923 bits per heavy atom. The van der Waals surface area contributed by atoms with Gasteiger partial charge in [-0.3, -0.25) is 0 Å². The first-order chi connectivity index (χ1) is 12.7. The summed E-state index contributed by atoms with van der Waals surface area (Å²) in [6, 6.07) is 0. The Hall–Kier alpha value is -1.04. The highest BCUT2D eigenvalue weighted by Crippen LogP contribution is 2.63. The molecule has 8 unspecified atom stereocenters. The van der Waals surface area contributed by atoms with E-state index in [2.05, 4.69) is 39.2 Å². The van der Waals surface area contributed by atoms with E-state index in [0.29, 0.717) is 11.8 Å². The van der Waals surface area contributed by atoms with Crippen LogP contribution in [0.25, 0.3) is 0 Å². The third-order valence-corrected chi connectivity index (χ3v) is 9.06. The maximum Gasteiger partial charge on any atom is -0.00169 e. The SMILES string of the molecule is C=CC1CCC2C3=C1C(C=C)CCC3C1CCC(C)C3=C1C2CCC3C. The fourth-order valence-corrected chi connectivity index (χ4v) is 8.15. The highest BCUT2D eigenvalue weighted by Gasteiger charge is 2.52. The Balaban J connectivity index is 1.71. The molecule has 26 heavy (non-hydrogen) atoms. The molecular formula is C26H36. The molecule has 0 heterocycles. The highest BCUT2D eigenvalue weighted by molar-refractivity contribution is 5.44. The Labute approximate surface area is 160 Å². The zero-order valence-corrected chi connectivity index (χ0v) is 16.8. The van der Waals surface area contributed by atoms with Crippen LogP contribution in [-0.4, -0.2) is 0 Å². The molecular weight excluding hydrogens is 312 g/mol. The van der Waals surface area contributed by atoms with Gasteiger partial charge in [-0.1, -0.05) is 48.3 Å². The number of allylic oxidation sites excluding steroid dienone is 6. The van der Waals surface area contributed by atoms with Crippen molar-refractivity contribution >= 4 is 0 Å². The second-order valence-electron chi connectivity index (χ2n) is 10.0. The maximum absolute atomic E-state index is 4.22. The van der Waals surface area contributed by atoms with E-state index in [4.69, 9.17) is 0 Å². The lowest BCUT2D eigenvalue weighted by molar-refractivity contribution is 0.143. The lowest BCUT2D eigenvalue weighted by atomic mass is 9.47. The van der Waals surface area contributed by atoms with E-state index < -0.39 is 0 Å². The van der Waals surface area contributed by atoms with Crippen molar-refractivity contribution in [1.29, 1.82) is 0 Å². The second-order valence-corrected chi connectivity index (χ2v) is 10.0. The Morgan fingerprint density at radius 1 is 0.538 bits per heavy atom. The van der Waals surface area contributed by atoms with Gasteiger partial charge in [-0.15, -0.1) is 13.2 Å². The Kier molecular flexibility index (Phi) is 4.11. The fraction of sp³-hybridized carbons (Fsp3) is 0.692. The van der Waals surface area contributed by atoms with Crippen LogP contribution in [0.5, 0.6) is 0 Å². The van der Waals surface area contributed by atoms with E-state index in [1.807, 2.05) is 16.7 Å². The van der Waals surface area contributed by atoms with E-state index in [9.17, 15) is 0 Å². The molecule has 0 nitrogen and oxygen atoms in total. The molecule has 5 rings (SSSR count). The molecule has 1 fully saturated rings. The normalized spacial score (nSPS) is 47.2. The van der Waals surface area contributed by atoms with Crippen LogP contribution in [0.3, 0.4) is 0 Å². The van der Waals surface area contributed by atoms with Gasteiger partial charge in [0.15, 0.2) is 0 Å². The minimum Gasteiger partial charge on any atom is -0.102 e. The lowest BCUT2D eigenvalue weighted by Crippen LogP contribution is -2.46. The summed E-state index contributed by atoms with van der Waals surface area (Å²) >= 11 is 0. The molecule has 5 aliphatic carbocycles. The first-order valence-electron chi connectivity index (χ1n) is 11.4. The first kappa shape index (κ1) is 17.1. The van der Waals surface area contributed by atoms with Crippen LogP contribution >= 0.6 is 0 Å². The summed E-state index contributed by atoms with van der Waals surface area (Å²) in [6.45, 7) is 13.5. The minimum absolute atomic E-state index is 0.627. The topological polar surface area (TPSA) is 0 Å². The molecule has 0 N–H and O–H groups in total. The van der Waals surface area contributed by atoms with Gasteiger partial charge in [-0.2, -0.15) is 0 Å². The summed E-state index contributed by atoms with van der Waals surface area (Å²) in [5, 5.41) is 0. The van der Waals surface area contributed by atoms with Crippen molar-refractivity contribution in [3.63, 3.8) is 0 Å². The molecule has 0 spiro atoms. The zero-order chi connectivity index (χ0) is 18.0. The summed E-state index contributed by atoms with van der Waals surface area (Å²) in [7, 11) is 0. The van der Waals surface area contributed by atoms with Gasteiger partial charge in [0.05, 0.1) is 0 Å². The molecule has 140 valence electrons. The molecule has 0 aromatic rings. The monoisotopic (exact) mass is 348 g/mol. The van der Waals surface area contributed by atoms with Crippen LogP contribution < -0.4 is 0 Å². The van der Waals surface area contributed by atoms with Gasteiger partial charge in [0.2, 0.25) is 0 Å². The van der Waals surface area contributed by atoms with E-state index >= 15 is 0 Å². The van der Waals surface area contributed by atoms with E-state index in [1.54, 1.807) is 5.57 Å². The minimum atomic E-state index is 0.627. The zero-order valence-electron chi connectivity index (χ0n) is 16.8. The second kappa shape index (κ2) is 6.25. The molecule has 1 saturated carbocycles. The largest absolute Gasteiger partial charge is 0.102 e. The van der Waals surface area contributed by atoms with Gasteiger partial charge < -0.3 is 0 Å². The van der Waals surface area contributed by atoms with E-state index in [1.165, 1.54) is 51.4 Å². The number of rotatable bonds is 2. The first-order valence-corrected chi connectivity index (χ1v) is 11.4. The number of hydrogen-bond acceptors (Lipinski definition) is 0. The van der Waals surface area contributed by atoms with Crippen molar-refractivity contribution in [1.82, 2.24) is 0 Å². The summed E-state index contributed by atoms with van der Waals surface area (Å²) in [5.74, 6) is 6.41. The molecule has 0 aromatic carbocycles. The van der Waals surface area contributed by atoms with Gasteiger partial charge in [0.25, 0.3) is 0 Å². The molecule has 0 saturated heterocycles. The average molecular weight is 349 g/mol. The molecule has 0 radical (unpaired) electrons. The number of fused-ring (bicyclic) bond motifs is 2. The highest BCUT2D eigenvalue weighted by atomic mass is 14.6. The van der Waals surface area contributed by atoms with Gasteiger partial charge in [0, 0.05) is 0 Å². The molecule has 0 bridgehead atoms. The molecule has 0 heteroatoms. The predicted octanol–water partition coefficient (Wildman–Crippen LogP) is 7.11. The third-order valence-electron chi connectivity index (χ3n) is 9.06. The smallest absolute Gasteiger partial charge is 0.00169 e.